The van der Waals surface area contributed by atoms with E-state index in [2.05, 4.69) is 0 Å². The normalized spacial score (nSPS) is 10.3. The van der Waals surface area contributed by atoms with Gasteiger partial charge in [-0.05, 0) is 34.9 Å². The molecule has 0 fully saturated rings. The molecule has 0 aliphatic rings. The van der Waals surface area contributed by atoms with Gasteiger partial charge in [0.15, 0.2) is 0 Å². The van der Waals surface area contributed by atoms with Crippen molar-refractivity contribution in [3.05, 3.63) is 59.1 Å². The number of hydrogen-bond acceptors (Lipinski definition) is 1. The molecule has 2 heteroatoms. The smallest absolute Gasteiger partial charge is 0.0682 e. The van der Waals surface area contributed by atoms with Crippen LogP contribution in [0.1, 0.15) is 5.56 Å². The molecule has 0 unspecified atom stereocenters. The first-order valence-corrected chi connectivity index (χ1v) is 5.13. The topological polar surface area (TPSA) is 20.2 Å². The summed E-state index contributed by atoms with van der Waals surface area (Å²) >= 11 is 5.97. The van der Waals surface area contributed by atoms with Crippen molar-refractivity contribution in [1.82, 2.24) is 0 Å². The molecule has 0 aromatic heterocycles. The summed E-state index contributed by atoms with van der Waals surface area (Å²) in [6.45, 7) is 0.0143. The molecule has 76 valence electrons. The van der Waals surface area contributed by atoms with Crippen LogP contribution in [0.3, 0.4) is 0 Å². The van der Waals surface area contributed by atoms with Crippen molar-refractivity contribution in [3.63, 3.8) is 0 Å². The molecular formula is C13H11ClO. The standard InChI is InChI=1S/C13H11ClO/c14-13-7-10(9-15)6-12(8-13)11-4-2-1-3-5-11/h1-8,15H,9H2. The third-order valence-electron chi connectivity index (χ3n) is 2.25. The fraction of sp³-hybridized carbons (Fsp3) is 0.0769. The first-order valence-electron chi connectivity index (χ1n) is 4.75. The number of halogens is 1. The highest BCUT2D eigenvalue weighted by molar-refractivity contribution is 6.30. The molecule has 0 aliphatic carbocycles. The summed E-state index contributed by atoms with van der Waals surface area (Å²) in [6, 6.07) is 15.6. The highest BCUT2D eigenvalue weighted by Gasteiger charge is 2.00. The lowest BCUT2D eigenvalue weighted by Gasteiger charge is -2.04. The van der Waals surface area contributed by atoms with E-state index in [1.54, 1.807) is 6.07 Å². The van der Waals surface area contributed by atoms with Crippen molar-refractivity contribution in [3.8, 4) is 11.1 Å². The first kappa shape index (κ1) is 10.2. The van der Waals surface area contributed by atoms with Gasteiger partial charge >= 0.3 is 0 Å². The largest absolute Gasteiger partial charge is 0.392 e. The van der Waals surface area contributed by atoms with Gasteiger partial charge in [-0.25, -0.2) is 0 Å². The van der Waals surface area contributed by atoms with Crippen molar-refractivity contribution in [2.24, 2.45) is 0 Å². The second-order valence-corrected chi connectivity index (χ2v) is 3.81. The summed E-state index contributed by atoms with van der Waals surface area (Å²) in [5.41, 5.74) is 2.98. The van der Waals surface area contributed by atoms with Crippen LogP contribution in [0.15, 0.2) is 48.5 Å². The Morgan fingerprint density at radius 2 is 1.67 bits per heavy atom. The SMILES string of the molecule is OCc1cc(Cl)cc(-c2ccccc2)c1. The molecule has 2 aromatic rings. The Balaban J connectivity index is 2.49. The molecule has 0 amide bonds. The summed E-state index contributed by atoms with van der Waals surface area (Å²) in [6.07, 6.45) is 0. The van der Waals surface area contributed by atoms with Gasteiger partial charge < -0.3 is 5.11 Å². The fourth-order valence-electron chi connectivity index (χ4n) is 1.54. The van der Waals surface area contributed by atoms with Crippen molar-refractivity contribution < 1.29 is 5.11 Å². The first-order chi connectivity index (χ1) is 7.29. The maximum atomic E-state index is 9.07. The molecule has 1 N–H and O–H groups in total. The van der Waals surface area contributed by atoms with E-state index in [1.165, 1.54) is 0 Å². The maximum Gasteiger partial charge on any atom is 0.0682 e. The van der Waals surface area contributed by atoms with Gasteiger partial charge in [-0.1, -0.05) is 41.9 Å². The van der Waals surface area contributed by atoms with E-state index in [-0.39, 0.29) is 6.61 Å². The van der Waals surface area contributed by atoms with Crippen LogP contribution >= 0.6 is 11.6 Å². The quantitative estimate of drug-likeness (QED) is 0.818. The molecule has 2 rings (SSSR count). The van der Waals surface area contributed by atoms with Gasteiger partial charge in [0, 0.05) is 5.02 Å². The van der Waals surface area contributed by atoms with Gasteiger partial charge in [0.1, 0.15) is 0 Å². The van der Waals surface area contributed by atoms with Crippen LogP contribution in [0.25, 0.3) is 11.1 Å². The van der Waals surface area contributed by atoms with Gasteiger partial charge in [-0.15, -0.1) is 0 Å². The Bertz CT molecular complexity index is 451. The molecule has 0 atom stereocenters. The number of benzene rings is 2. The van der Waals surface area contributed by atoms with E-state index in [9.17, 15) is 0 Å². The van der Waals surface area contributed by atoms with Gasteiger partial charge in [0.25, 0.3) is 0 Å². The summed E-state index contributed by atoms with van der Waals surface area (Å²) in [7, 11) is 0. The predicted octanol–water partition coefficient (Wildman–Crippen LogP) is 3.50. The molecule has 0 radical (unpaired) electrons. The zero-order valence-electron chi connectivity index (χ0n) is 8.15. The minimum atomic E-state index is 0.0143. The van der Waals surface area contributed by atoms with Gasteiger partial charge in [0.05, 0.1) is 6.61 Å². The van der Waals surface area contributed by atoms with E-state index in [4.69, 9.17) is 16.7 Å². The zero-order valence-corrected chi connectivity index (χ0v) is 8.91. The fourth-order valence-corrected chi connectivity index (χ4v) is 1.80. The van der Waals surface area contributed by atoms with Crippen LogP contribution < -0.4 is 0 Å². The molecule has 0 saturated carbocycles. The van der Waals surface area contributed by atoms with Gasteiger partial charge in [0.2, 0.25) is 0 Å². The van der Waals surface area contributed by atoms with Crippen LogP contribution in [0.5, 0.6) is 0 Å². The Hall–Kier alpha value is -1.31. The summed E-state index contributed by atoms with van der Waals surface area (Å²) in [5.74, 6) is 0. The van der Waals surface area contributed by atoms with Crippen molar-refractivity contribution in [2.75, 3.05) is 0 Å². The average molecular weight is 219 g/mol. The van der Waals surface area contributed by atoms with Crippen LogP contribution in [0.4, 0.5) is 0 Å². The highest BCUT2D eigenvalue weighted by atomic mass is 35.5. The summed E-state index contributed by atoms with van der Waals surface area (Å²) in [4.78, 5) is 0. The Labute approximate surface area is 94.0 Å². The summed E-state index contributed by atoms with van der Waals surface area (Å²) < 4.78 is 0. The molecule has 0 aliphatic heterocycles. The second-order valence-electron chi connectivity index (χ2n) is 3.37. The maximum absolute atomic E-state index is 9.07. The van der Waals surface area contributed by atoms with E-state index >= 15 is 0 Å². The third kappa shape index (κ3) is 2.38. The number of aliphatic hydroxyl groups excluding tert-OH is 1. The number of hydrogen-bond donors (Lipinski definition) is 1. The molecule has 0 saturated heterocycles. The Morgan fingerprint density at radius 3 is 2.33 bits per heavy atom. The number of aliphatic hydroxyl groups is 1. The lowest BCUT2D eigenvalue weighted by Crippen LogP contribution is -1.85. The Morgan fingerprint density at radius 1 is 0.933 bits per heavy atom. The molecule has 0 bridgehead atoms. The lowest BCUT2D eigenvalue weighted by atomic mass is 10.0. The predicted molar refractivity (Wildman–Crippen MR) is 62.8 cm³/mol. The van der Waals surface area contributed by atoms with Crippen molar-refractivity contribution in [2.45, 2.75) is 6.61 Å². The molecule has 0 spiro atoms. The van der Waals surface area contributed by atoms with E-state index in [1.807, 2.05) is 42.5 Å². The van der Waals surface area contributed by atoms with Gasteiger partial charge in [-0.2, -0.15) is 0 Å². The third-order valence-corrected chi connectivity index (χ3v) is 2.47. The average Bonchev–Trinajstić information content (AvgIpc) is 2.29. The second kappa shape index (κ2) is 4.47. The Kier molecular flexibility index (Phi) is 3.05. The van der Waals surface area contributed by atoms with Crippen LogP contribution in [-0.4, -0.2) is 5.11 Å². The highest BCUT2D eigenvalue weighted by Crippen LogP contribution is 2.24. The van der Waals surface area contributed by atoms with E-state index < -0.39 is 0 Å². The minimum Gasteiger partial charge on any atom is -0.392 e. The number of rotatable bonds is 2. The monoisotopic (exact) mass is 218 g/mol. The van der Waals surface area contributed by atoms with Gasteiger partial charge in [-0.3, -0.25) is 0 Å². The van der Waals surface area contributed by atoms with Crippen LogP contribution in [0, 0.1) is 0 Å². The zero-order chi connectivity index (χ0) is 10.7. The molecule has 15 heavy (non-hydrogen) atoms. The molecule has 1 nitrogen and oxygen atoms in total. The van der Waals surface area contributed by atoms with Crippen molar-refractivity contribution in [1.29, 1.82) is 0 Å². The van der Waals surface area contributed by atoms with Crippen LogP contribution in [0.2, 0.25) is 5.02 Å². The molecule has 0 heterocycles. The lowest BCUT2D eigenvalue weighted by molar-refractivity contribution is 0.282. The van der Waals surface area contributed by atoms with Crippen LogP contribution in [-0.2, 0) is 6.61 Å². The van der Waals surface area contributed by atoms with E-state index in [0.29, 0.717) is 5.02 Å². The molecular weight excluding hydrogens is 208 g/mol. The summed E-state index contributed by atoms with van der Waals surface area (Å²) in [5, 5.41) is 9.73. The van der Waals surface area contributed by atoms with Crippen molar-refractivity contribution >= 4 is 11.6 Å². The molecule has 2 aromatic carbocycles. The minimum absolute atomic E-state index is 0.0143. The van der Waals surface area contributed by atoms with E-state index in [0.717, 1.165) is 16.7 Å².